The van der Waals surface area contributed by atoms with Crippen molar-refractivity contribution < 1.29 is 9.59 Å². The molecular weight excluding hydrogens is 514 g/mol. The summed E-state index contributed by atoms with van der Waals surface area (Å²) in [5.41, 5.74) is 7.09. The summed E-state index contributed by atoms with van der Waals surface area (Å²) in [6.45, 7) is 3.79. The average Bonchev–Trinajstić information content (AvgIpc) is 3.50. The molecule has 0 radical (unpaired) electrons. The maximum atomic E-state index is 13.9. The van der Waals surface area contributed by atoms with Crippen LogP contribution in [0.25, 0.3) is 0 Å². The van der Waals surface area contributed by atoms with Crippen LogP contribution in [0.4, 0.5) is 4.79 Å². The third-order valence-corrected chi connectivity index (χ3v) is 9.39. The zero-order valence-electron chi connectivity index (χ0n) is 22.9. The second-order valence-corrected chi connectivity index (χ2v) is 12.1. The second-order valence-electron chi connectivity index (χ2n) is 11.6. The van der Waals surface area contributed by atoms with Gasteiger partial charge < -0.3 is 9.80 Å². The van der Waals surface area contributed by atoms with Gasteiger partial charge in [-0.2, -0.15) is 5.10 Å². The van der Waals surface area contributed by atoms with Crippen LogP contribution in [0.2, 0.25) is 5.02 Å². The normalized spacial score (nSPS) is 20.9. The summed E-state index contributed by atoms with van der Waals surface area (Å²) in [5.74, 6) is 0.682. The lowest BCUT2D eigenvalue weighted by atomic mass is 9.63. The molecule has 1 aromatic carbocycles. The molecule has 39 heavy (non-hydrogen) atoms. The highest BCUT2D eigenvalue weighted by Gasteiger charge is 2.43. The van der Waals surface area contributed by atoms with Gasteiger partial charge in [0, 0.05) is 37.7 Å². The molecule has 1 aromatic heterocycles. The minimum Gasteiger partial charge on any atom is -0.341 e. The van der Waals surface area contributed by atoms with Gasteiger partial charge in [0.15, 0.2) is 0 Å². The molecule has 3 fully saturated rings. The van der Waals surface area contributed by atoms with E-state index in [0.29, 0.717) is 30.5 Å². The number of carbonyl (C=O) groups excluding carboxylic acids is 2. The first-order chi connectivity index (χ1) is 19.0. The van der Waals surface area contributed by atoms with E-state index in [2.05, 4.69) is 20.9 Å². The summed E-state index contributed by atoms with van der Waals surface area (Å²) in [5, 5.41) is 5.09. The minimum atomic E-state index is -0.558. The monoisotopic (exact) mass is 555 g/mol. The number of carbonyl (C=O) groups is 2. The predicted molar refractivity (Wildman–Crippen MR) is 151 cm³/mol. The topological polar surface area (TPSA) is 95.4 Å². The molecule has 2 saturated heterocycles. The molecule has 212 valence electrons. The Morgan fingerprint density at radius 3 is 2.31 bits per heavy atom. The van der Waals surface area contributed by atoms with Crippen molar-refractivity contribution in [1.82, 2.24) is 35.4 Å². The fourth-order valence-electron chi connectivity index (χ4n) is 6.82. The molecule has 0 spiro atoms. The zero-order chi connectivity index (χ0) is 27.1. The Balaban J connectivity index is 1.26. The Kier molecular flexibility index (Phi) is 9.40. The summed E-state index contributed by atoms with van der Waals surface area (Å²) in [4.78, 5) is 34.7. The SMILES string of the molecule is O=C(NN[C@H](Cc1ccc(Cl)cc1)C(=O)N1CCC(Cn2cncn2)(C2CCCCC2)CC1)N1CCCCC1. The van der Waals surface area contributed by atoms with E-state index in [1.807, 2.05) is 45.1 Å². The lowest BCUT2D eigenvalue weighted by Gasteiger charge is -2.48. The van der Waals surface area contributed by atoms with Gasteiger partial charge in [-0.1, -0.05) is 43.0 Å². The lowest BCUT2D eigenvalue weighted by Crippen LogP contribution is -2.58. The van der Waals surface area contributed by atoms with Gasteiger partial charge in [-0.05, 0) is 80.4 Å². The van der Waals surface area contributed by atoms with Gasteiger partial charge in [0.05, 0.1) is 0 Å². The van der Waals surface area contributed by atoms with Crippen molar-refractivity contribution >= 4 is 23.5 Å². The molecule has 10 heteroatoms. The molecule has 0 bridgehead atoms. The highest BCUT2D eigenvalue weighted by Crippen LogP contribution is 2.47. The van der Waals surface area contributed by atoms with Crippen molar-refractivity contribution in [2.24, 2.45) is 11.3 Å². The quantitative estimate of drug-likeness (QED) is 0.470. The second kappa shape index (κ2) is 13.1. The highest BCUT2D eigenvalue weighted by atomic mass is 35.5. The molecule has 1 aliphatic carbocycles. The van der Waals surface area contributed by atoms with Crippen molar-refractivity contribution in [3.63, 3.8) is 0 Å². The molecule has 1 saturated carbocycles. The molecule has 3 amide bonds. The maximum Gasteiger partial charge on any atom is 0.331 e. The van der Waals surface area contributed by atoms with Crippen LogP contribution in [0, 0.1) is 11.3 Å². The van der Waals surface area contributed by atoms with E-state index in [1.54, 1.807) is 6.33 Å². The number of rotatable bonds is 8. The first-order valence-electron chi connectivity index (χ1n) is 14.7. The van der Waals surface area contributed by atoms with Crippen LogP contribution in [-0.4, -0.2) is 68.7 Å². The molecule has 2 aliphatic heterocycles. The Labute approximate surface area is 236 Å². The van der Waals surface area contributed by atoms with E-state index < -0.39 is 6.04 Å². The number of benzene rings is 1. The Bertz CT molecular complexity index is 1060. The van der Waals surface area contributed by atoms with Crippen LogP contribution < -0.4 is 10.9 Å². The predicted octanol–water partition coefficient (Wildman–Crippen LogP) is 4.43. The number of nitrogens with one attached hydrogen (secondary N) is 2. The van der Waals surface area contributed by atoms with Crippen molar-refractivity contribution in [3.05, 3.63) is 47.5 Å². The van der Waals surface area contributed by atoms with Crippen molar-refractivity contribution in [2.75, 3.05) is 26.2 Å². The highest BCUT2D eigenvalue weighted by molar-refractivity contribution is 6.30. The van der Waals surface area contributed by atoms with Gasteiger partial charge in [-0.15, -0.1) is 0 Å². The summed E-state index contributed by atoms with van der Waals surface area (Å²) >= 11 is 6.10. The summed E-state index contributed by atoms with van der Waals surface area (Å²) < 4.78 is 1.98. The molecule has 2 N–H and O–H groups in total. The fourth-order valence-corrected chi connectivity index (χ4v) is 6.95. The van der Waals surface area contributed by atoms with E-state index in [1.165, 1.54) is 32.1 Å². The number of nitrogens with zero attached hydrogens (tertiary/aromatic N) is 5. The van der Waals surface area contributed by atoms with E-state index >= 15 is 0 Å². The first-order valence-corrected chi connectivity index (χ1v) is 15.1. The van der Waals surface area contributed by atoms with E-state index in [-0.39, 0.29) is 17.4 Å². The van der Waals surface area contributed by atoms with Gasteiger partial charge >= 0.3 is 6.03 Å². The molecule has 3 aliphatic rings. The number of hydrazine groups is 1. The molecule has 5 rings (SSSR count). The molecule has 3 heterocycles. The molecule has 1 atom stereocenters. The third kappa shape index (κ3) is 7.11. The number of aromatic nitrogens is 3. The van der Waals surface area contributed by atoms with Crippen molar-refractivity contribution in [1.29, 1.82) is 0 Å². The number of hydrogen-bond donors (Lipinski definition) is 2. The summed E-state index contributed by atoms with van der Waals surface area (Å²) in [6, 6.07) is 6.85. The van der Waals surface area contributed by atoms with E-state index in [0.717, 1.165) is 57.3 Å². The molecule has 2 aromatic rings. The number of piperidine rings is 2. The summed E-state index contributed by atoms with van der Waals surface area (Å²) in [6.07, 6.45) is 15.4. The van der Waals surface area contributed by atoms with Crippen LogP contribution in [0.15, 0.2) is 36.9 Å². The van der Waals surface area contributed by atoms with Gasteiger partial charge in [0.25, 0.3) is 0 Å². The van der Waals surface area contributed by atoms with Gasteiger partial charge in [-0.3, -0.25) is 14.9 Å². The Morgan fingerprint density at radius 2 is 1.64 bits per heavy atom. The van der Waals surface area contributed by atoms with Crippen LogP contribution >= 0.6 is 11.6 Å². The van der Waals surface area contributed by atoms with Gasteiger partial charge in [0.1, 0.15) is 18.7 Å². The smallest absolute Gasteiger partial charge is 0.331 e. The van der Waals surface area contributed by atoms with Crippen LogP contribution in [0.5, 0.6) is 0 Å². The number of likely N-dealkylation sites (tertiary alicyclic amines) is 2. The fraction of sp³-hybridized carbons (Fsp3) is 0.655. The molecule has 0 unspecified atom stereocenters. The maximum absolute atomic E-state index is 13.9. The lowest BCUT2D eigenvalue weighted by molar-refractivity contribution is -0.137. The van der Waals surface area contributed by atoms with Gasteiger partial charge in [0.2, 0.25) is 5.91 Å². The largest absolute Gasteiger partial charge is 0.341 e. The first kappa shape index (κ1) is 27.9. The van der Waals surface area contributed by atoms with Crippen molar-refractivity contribution in [3.8, 4) is 0 Å². The number of urea groups is 1. The number of amides is 3. The van der Waals surface area contributed by atoms with E-state index in [9.17, 15) is 9.59 Å². The Morgan fingerprint density at radius 1 is 0.949 bits per heavy atom. The zero-order valence-corrected chi connectivity index (χ0v) is 23.6. The minimum absolute atomic E-state index is 0.0295. The Hall–Kier alpha value is -2.65. The molecular formula is C29H42ClN7O2. The van der Waals surface area contributed by atoms with Crippen LogP contribution in [0.3, 0.4) is 0 Å². The third-order valence-electron chi connectivity index (χ3n) is 9.13. The standard InChI is InChI=1S/C29H42ClN7O2/c30-25-11-9-23(10-12-25)19-26(33-34-28(39)36-15-5-2-6-16-36)27(38)35-17-13-29(14-18-35,20-37-22-31-21-32-37)24-7-3-1-4-8-24/h9-12,21-22,24,26,33H,1-8,13-20H2,(H,34,39)/t26-/m1/s1. The number of halogens is 1. The average molecular weight is 556 g/mol. The van der Waals surface area contributed by atoms with Crippen molar-refractivity contribution in [2.45, 2.75) is 83.2 Å². The van der Waals surface area contributed by atoms with Crippen LogP contribution in [0.1, 0.15) is 69.8 Å². The van der Waals surface area contributed by atoms with Gasteiger partial charge in [-0.25, -0.2) is 15.2 Å². The van der Waals surface area contributed by atoms with E-state index in [4.69, 9.17) is 11.6 Å². The van der Waals surface area contributed by atoms with Crippen LogP contribution in [-0.2, 0) is 17.8 Å². The summed E-state index contributed by atoms with van der Waals surface area (Å²) in [7, 11) is 0. The number of hydrogen-bond acceptors (Lipinski definition) is 5. The molecule has 9 nitrogen and oxygen atoms in total.